The van der Waals surface area contributed by atoms with Gasteiger partial charge in [-0.3, -0.25) is 4.79 Å². The van der Waals surface area contributed by atoms with E-state index in [2.05, 4.69) is 25.6 Å². The van der Waals surface area contributed by atoms with E-state index in [0.29, 0.717) is 26.2 Å². The third-order valence-corrected chi connectivity index (χ3v) is 6.82. The molecule has 0 atom stereocenters. The largest absolute Gasteiger partial charge is 0.495 e. The van der Waals surface area contributed by atoms with Crippen molar-refractivity contribution in [2.45, 2.75) is 11.3 Å². The zero-order chi connectivity index (χ0) is 20.9. The second kappa shape index (κ2) is 9.60. The molecule has 0 radical (unpaired) electrons. The summed E-state index contributed by atoms with van der Waals surface area (Å²) in [5.74, 6) is 0.762. The molecule has 0 aromatic heterocycles. The highest BCUT2D eigenvalue weighted by molar-refractivity contribution is 9.10. The van der Waals surface area contributed by atoms with Crippen molar-refractivity contribution in [3.05, 3.63) is 53.0 Å². The fourth-order valence-electron chi connectivity index (χ4n) is 3.24. The van der Waals surface area contributed by atoms with Crippen molar-refractivity contribution in [2.24, 2.45) is 0 Å². The van der Waals surface area contributed by atoms with Crippen LogP contribution >= 0.6 is 15.9 Å². The Morgan fingerprint density at radius 1 is 1.07 bits per heavy atom. The predicted octanol–water partition coefficient (Wildman–Crippen LogP) is 2.47. The number of carbonyl (C=O) groups excluding carboxylic acids is 1. The Balaban J connectivity index is 1.48. The van der Waals surface area contributed by atoms with Gasteiger partial charge in [0, 0.05) is 43.6 Å². The summed E-state index contributed by atoms with van der Waals surface area (Å²) in [7, 11) is -1.97. The number of rotatable bonds is 7. The Labute approximate surface area is 179 Å². The molecule has 1 aliphatic rings. The van der Waals surface area contributed by atoms with E-state index < -0.39 is 10.0 Å². The topological polar surface area (TPSA) is 79.0 Å². The number of hydrogen-bond donors (Lipinski definition) is 1. The van der Waals surface area contributed by atoms with Gasteiger partial charge in [-0.1, -0.05) is 28.1 Å². The molecule has 1 N–H and O–H groups in total. The number of carbonyl (C=O) groups is 1. The van der Waals surface area contributed by atoms with E-state index in [-0.39, 0.29) is 23.8 Å². The van der Waals surface area contributed by atoms with Gasteiger partial charge in [0.2, 0.25) is 15.9 Å². The molecule has 1 fully saturated rings. The van der Waals surface area contributed by atoms with E-state index in [0.717, 1.165) is 15.9 Å². The number of nitrogens with zero attached hydrogens (tertiary/aromatic N) is 2. The highest BCUT2D eigenvalue weighted by atomic mass is 79.9. The molecule has 2 aromatic carbocycles. The molecule has 0 bridgehead atoms. The van der Waals surface area contributed by atoms with Gasteiger partial charge in [-0.15, -0.1) is 0 Å². The van der Waals surface area contributed by atoms with Crippen LogP contribution in [0.4, 0.5) is 5.69 Å². The smallest absolute Gasteiger partial charge is 0.240 e. The van der Waals surface area contributed by atoms with Crippen molar-refractivity contribution in [3.8, 4) is 5.75 Å². The van der Waals surface area contributed by atoms with Crippen LogP contribution in [0.2, 0.25) is 0 Å². The first-order chi connectivity index (χ1) is 13.9. The van der Waals surface area contributed by atoms with E-state index in [1.165, 1.54) is 12.1 Å². The fourth-order valence-corrected chi connectivity index (χ4v) is 4.53. The van der Waals surface area contributed by atoms with Gasteiger partial charge in [0.15, 0.2) is 0 Å². The SMILES string of the molecule is COc1ccccc1N1CCN(C(=O)CCNS(=O)(=O)c2ccc(Br)cc2)CC1. The lowest BCUT2D eigenvalue weighted by molar-refractivity contribution is -0.131. The first-order valence-electron chi connectivity index (χ1n) is 9.32. The number of halogens is 1. The highest BCUT2D eigenvalue weighted by Gasteiger charge is 2.23. The molecule has 0 unspecified atom stereocenters. The van der Waals surface area contributed by atoms with E-state index >= 15 is 0 Å². The minimum absolute atomic E-state index is 0.0526. The van der Waals surface area contributed by atoms with Gasteiger partial charge in [0.1, 0.15) is 5.75 Å². The summed E-state index contributed by atoms with van der Waals surface area (Å²) in [5, 5.41) is 0. The van der Waals surface area contributed by atoms with Crippen molar-refractivity contribution in [2.75, 3.05) is 44.7 Å². The second-order valence-corrected chi connectivity index (χ2v) is 9.32. The second-order valence-electron chi connectivity index (χ2n) is 6.64. The fraction of sp³-hybridized carbons (Fsp3) is 0.350. The van der Waals surface area contributed by atoms with Gasteiger partial charge < -0.3 is 14.5 Å². The number of para-hydroxylation sites is 2. The van der Waals surface area contributed by atoms with Crippen molar-refractivity contribution in [1.29, 1.82) is 0 Å². The molecule has 1 aliphatic heterocycles. The number of sulfonamides is 1. The van der Waals surface area contributed by atoms with Crippen LogP contribution in [0.5, 0.6) is 5.75 Å². The number of ether oxygens (including phenoxy) is 1. The monoisotopic (exact) mass is 481 g/mol. The average molecular weight is 482 g/mol. The van der Waals surface area contributed by atoms with Crippen LogP contribution in [0.3, 0.4) is 0 Å². The lowest BCUT2D eigenvalue weighted by Crippen LogP contribution is -2.49. The molecule has 9 heteroatoms. The maximum Gasteiger partial charge on any atom is 0.240 e. The molecule has 156 valence electrons. The van der Waals surface area contributed by atoms with E-state index in [4.69, 9.17) is 4.74 Å². The standard InChI is InChI=1S/C20H24BrN3O4S/c1-28-19-5-3-2-4-18(19)23-12-14-24(15-13-23)20(25)10-11-22-29(26,27)17-8-6-16(21)7-9-17/h2-9,22H,10-15H2,1H3. The van der Waals surface area contributed by atoms with Gasteiger partial charge in [-0.25, -0.2) is 13.1 Å². The van der Waals surface area contributed by atoms with Crippen molar-refractivity contribution < 1.29 is 17.9 Å². The van der Waals surface area contributed by atoms with Crippen LogP contribution in [0, 0.1) is 0 Å². The molecule has 7 nitrogen and oxygen atoms in total. The van der Waals surface area contributed by atoms with E-state index in [9.17, 15) is 13.2 Å². The summed E-state index contributed by atoms with van der Waals surface area (Å²) in [6.07, 6.45) is 0.129. The van der Waals surface area contributed by atoms with Crippen LogP contribution in [0.15, 0.2) is 57.9 Å². The number of nitrogens with one attached hydrogen (secondary N) is 1. The highest BCUT2D eigenvalue weighted by Crippen LogP contribution is 2.28. The van der Waals surface area contributed by atoms with Crippen molar-refractivity contribution in [3.63, 3.8) is 0 Å². The molecule has 29 heavy (non-hydrogen) atoms. The molecule has 3 rings (SSSR count). The normalized spacial score (nSPS) is 14.7. The Morgan fingerprint density at radius 2 is 1.72 bits per heavy atom. The van der Waals surface area contributed by atoms with Gasteiger partial charge >= 0.3 is 0 Å². The maximum absolute atomic E-state index is 12.5. The number of anilines is 1. The Hall–Kier alpha value is -2.10. The number of amides is 1. The number of hydrogen-bond acceptors (Lipinski definition) is 5. The van der Waals surface area contributed by atoms with Gasteiger partial charge in [-0.05, 0) is 36.4 Å². The number of piperazine rings is 1. The summed E-state index contributed by atoms with van der Waals surface area (Å²) in [6.45, 7) is 2.67. The molecule has 1 heterocycles. The molecular weight excluding hydrogens is 458 g/mol. The molecule has 0 spiro atoms. The van der Waals surface area contributed by atoms with E-state index in [1.807, 2.05) is 24.3 Å². The summed E-state index contributed by atoms with van der Waals surface area (Å²) in [5.41, 5.74) is 1.02. The van der Waals surface area contributed by atoms with Crippen molar-refractivity contribution in [1.82, 2.24) is 9.62 Å². The minimum Gasteiger partial charge on any atom is -0.495 e. The first-order valence-corrected chi connectivity index (χ1v) is 11.6. The van der Waals surface area contributed by atoms with Crippen LogP contribution in [0.25, 0.3) is 0 Å². The van der Waals surface area contributed by atoms with Gasteiger partial charge in [0.05, 0.1) is 17.7 Å². The number of benzene rings is 2. The lowest BCUT2D eigenvalue weighted by Gasteiger charge is -2.36. The summed E-state index contributed by atoms with van der Waals surface area (Å²) >= 11 is 3.28. The molecule has 2 aromatic rings. The summed E-state index contributed by atoms with van der Waals surface area (Å²) in [6, 6.07) is 14.2. The Morgan fingerprint density at radius 3 is 2.38 bits per heavy atom. The third-order valence-electron chi connectivity index (χ3n) is 4.81. The zero-order valence-corrected chi connectivity index (χ0v) is 18.6. The quantitative estimate of drug-likeness (QED) is 0.656. The predicted molar refractivity (Wildman–Crippen MR) is 116 cm³/mol. The molecule has 1 amide bonds. The van der Waals surface area contributed by atoms with E-state index in [1.54, 1.807) is 24.1 Å². The van der Waals surface area contributed by atoms with Crippen LogP contribution in [-0.4, -0.2) is 59.1 Å². The zero-order valence-electron chi connectivity index (χ0n) is 16.2. The van der Waals surface area contributed by atoms with Gasteiger partial charge in [-0.2, -0.15) is 0 Å². The van der Waals surface area contributed by atoms with Crippen LogP contribution in [0.1, 0.15) is 6.42 Å². The summed E-state index contributed by atoms with van der Waals surface area (Å²) in [4.78, 5) is 16.6. The average Bonchev–Trinajstić information content (AvgIpc) is 2.74. The Bertz CT molecular complexity index is 942. The maximum atomic E-state index is 12.5. The van der Waals surface area contributed by atoms with Crippen LogP contribution in [-0.2, 0) is 14.8 Å². The molecule has 0 saturated carbocycles. The Kier molecular flexibility index (Phi) is 7.15. The van der Waals surface area contributed by atoms with Crippen LogP contribution < -0.4 is 14.4 Å². The molecule has 1 saturated heterocycles. The molecular formula is C20H24BrN3O4S. The lowest BCUT2D eigenvalue weighted by atomic mass is 10.2. The third kappa shape index (κ3) is 5.49. The summed E-state index contributed by atoms with van der Waals surface area (Å²) < 4.78 is 33.3. The van der Waals surface area contributed by atoms with Gasteiger partial charge in [0.25, 0.3) is 0 Å². The van der Waals surface area contributed by atoms with Crippen molar-refractivity contribution >= 4 is 37.5 Å². The first kappa shape index (κ1) is 21.6. The molecule has 0 aliphatic carbocycles. The minimum atomic E-state index is -3.62. The number of methoxy groups -OCH3 is 1.